The maximum atomic E-state index is 7.60. The lowest BCUT2D eigenvalue weighted by Crippen LogP contribution is -2.08. The predicted octanol–water partition coefficient (Wildman–Crippen LogP) is 4.23. The third kappa shape index (κ3) is 3.83. The van der Waals surface area contributed by atoms with Crippen LogP contribution in [0.4, 0.5) is 10.8 Å². The minimum atomic E-state index is 0.0698. The van der Waals surface area contributed by atoms with Gasteiger partial charge in [0.1, 0.15) is 5.84 Å². The summed E-state index contributed by atoms with van der Waals surface area (Å²) in [7, 11) is 4.72. The summed E-state index contributed by atoms with van der Waals surface area (Å²) in [6.45, 7) is 2.00. The molecule has 0 aliphatic heterocycles. The Balaban J connectivity index is 1.89. The molecule has 0 saturated carbocycles. The fraction of sp³-hybridized carbons (Fsp3) is 0.222. The Morgan fingerprint density at radius 2 is 1.78 bits per heavy atom. The first-order valence-electron chi connectivity index (χ1n) is 7.94. The Labute approximate surface area is 165 Å². The Kier molecular flexibility index (Phi) is 5.52. The van der Waals surface area contributed by atoms with Crippen molar-refractivity contribution in [2.24, 2.45) is 5.73 Å². The Morgan fingerprint density at radius 3 is 2.30 bits per heavy atom. The van der Waals surface area contributed by atoms with Crippen molar-refractivity contribution < 1.29 is 14.2 Å². The maximum absolute atomic E-state index is 7.60. The van der Waals surface area contributed by atoms with E-state index in [-0.39, 0.29) is 5.84 Å². The van der Waals surface area contributed by atoms with Gasteiger partial charge < -0.3 is 25.3 Å². The van der Waals surface area contributed by atoms with Gasteiger partial charge in [-0.1, -0.05) is 0 Å². The number of nitrogens with one attached hydrogen (secondary N) is 2. The number of hydrogen-bond donors (Lipinski definition) is 3. The van der Waals surface area contributed by atoms with Gasteiger partial charge in [0.05, 0.1) is 31.9 Å². The van der Waals surface area contributed by atoms with Gasteiger partial charge >= 0.3 is 0 Å². The number of aromatic nitrogens is 1. The van der Waals surface area contributed by atoms with E-state index < -0.39 is 0 Å². The second-order valence-corrected chi connectivity index (χ2v) is 7.69. The Bertz CT molecular complexity index is 956. The van der Waals surface area contributed by atoms with Crippen LogP contribution in [0.3, 0.4) is 0 Å². The van der Waals surface area contributed by atoms with E-state index in [9.17, 15) is 0 Å². The zero-order valence-electron chi connectivity index (χ0n) is 15.4. The molecule has 0 amide bonds. The summed E-state index contributed by atoms with van der Waals surface area (Å²) in [4.78, 5) is 6.47. The zero-order chi connectivity index (χ0) is 19.6. The number of methoxy groups -OCH3 is 3. The number of thiophene rings is 1. The molecular formula is C18H20N4O3S2. The van der Waals surface area contributed by atoms with E-state index >= 15 is 0 Å². The standard InChI is InChI=1S/C18H20N4O3S2/c1-9-11(7-15(27-9)17(19)20)12-8-26-18(22-12)21-10-5-13(23-2)16(25-4)14(6-10)24-3/h5-8H,1-4H3,(H3,19,20)(H,21,22). The monoisotopic (exact) mass is 404 g/mol. The van der Waals surface area contributed by atoms with Crippen molar-refractivity contribution in [2.75, 3.05) is 26.6 Å². The fourth-order valence-electron chi connectivity index (χ4n) is 2.60. The van der Waals surface area contributed by atoms with Gasteiger partial charge in [-0.15, -0.1) is 22.7 Å². The van der Waals surface area contributed by atoms with Gasteiger partial charge in [0, 0.05) is 33.6 Å². The molecule has 9 heteroatoms. The normalized spacial score (nSPS) is 10.5. The minimum Gasteiger partial charge on any atom is -0.493 e. The largest absolute Gasteiger partial charge is 0.493 e. The third-order valence-corrected chi connectivity index (χ3v) is 5.72. The smallest absolute Gasteiger partial charge is 0.203 e. The lowest BCUT2D eigenvalue weighted by molar-refractivity contribution is 0.324. The average Bonchev–Trinajstić information content (AvgIpc) is 3.27. The van der Waals surface area contributed by atoms with Crippen LogP contribution in [0.1, 0.15) is 9.75 Å². The van der Waals surface area contributed by atoms with Crippen LogP contribution in [0, 0.1) is 12.3 Å². The number of aryl methyl sites for hydroxylation is 1. The van der Waals surface area contributed by atoms with Crippen LogP contribution in [0.5, 0.6) is 17.2 Å². The van der Waals surface area contributed by atoms with Crippen molar-refractivity contribution in [1.29, 1.82) is 5.41 Å². The number of nitrogens with zero attached hydrogens (tertiary/aromatic N) is 1. The SMILES string of the molecule is COc1cc(Nc2nc(-c3cc(C(=N)N)sc3C)cs2)cc(OC)c1OC. The van der Waals surface area contributed by atoms with Crippen molar-refractivity contribution in [3.8, 4) is 28.5 Å². The molecule has 0 aliphatic rings. The molecule has 3 rings (SSSR count). The first-order valence-corrected chi connectivity index (χ1v) is 9.64. The summed E-state index contributed by atoms with van der Waals surface area (Å²) in [5.74, 6) is 1.74. The van der Waals surface area contributed by atoms with Gasteiger partial charge in [-0.2, -0.15) is 0 Å². The highest BCUT2D eigenvalue weighted by Crippen LogP contribution is 2.41. The van der Waals surface area contributed by atoms with Crippen molar-refractivity contribution in [1.82, 2.24) is 4.98 Å². The molecule has 2 heterocycles. The lowest BCUT2D eigenvalue weighted by Gasteiger charge is -2.14. The van der Waals surface area contributed by atoms with Crippen molar-refractivity contribution in [2.45, 2.75) is 6.92 Å². The van der Waals surface area contributed by atoms with Gasteiger partial charge in [-0.25, -0.2) is 4.98 Å². The summed E-state index contributed by atoms with van der Waals surface area (Å²) in [5.41, 5.74) is 8.19. The molecule has 1 aromatic carbocycles. The molecule has 4 N–H and O–H groups in total. The van der Waals surface area contributed by atoms with Crippen molar-refractivity contribution in [3.05, 3.63) is 33.3 Å². The van der Waals surface area contributed by atoms with E-state index in [0.29, 0.717) is 17.2 Å². The molecule has 0 unspecified atom stereocenters. The summed E-state index contributed by atoms with van der Waals surface area (Å²) in [5, 5.41) is 13.6. The van der Waals surface area contributed by atoms with Crippen LogP contribution >= 0.6 is 22.7 Å². The molecule has 0 radical (unpaired) electrons. The predicted molar refractivity (Wildman–Crippen MR) is 111 cm³/mol. The molecule has 27 heavy (non-hydrogen) atoms. The zero-order valence-corrected chi connectivity index (χ0v) is 17.0. The number of nitrogens with two attached hydrogens (primary N) is 1. The van der Waals surface area contributed by atoms with Crippen molar-refractivity contribution >= 4 is 39.3 Å². The quantitative estimate of drug-likeness (QED) is 0.402. The van der Waals surface area contributed by atoms with Crippen LogP contribution in [-0.2, 0) is 0 Å². The molecule has 0 saturated heterocycles. The summed E-state index contributed by atoms with van der Waals surface area (Å²) in [6.07, 6.45) is 0. The van der Waals surface area contributed by atoms with E-state index in [4.69, 9.17) is 25.4 Å². The van der Waals surface area contributed by atoms with Crippen LogP contribution in [0.2, 0.25) is 0 Å². The van der Waals surface area contributed by atoms with E-state index in [1.54, 1.807) is 21.3 Å². The molecule has 3 aromatic rings. The van der Waals surface area contributed by atoms with Crippen LogP contribution in [0.25, 0.3) is 11.3 Å². The molecule has 0 spiro atoms. The minimum absolute atomic E-state index is 0.0698. The third-order valence-electron chi connectivity index (χ3n) is 3.88. The van der Waals surface area contributed by atoms with Crippen LogP contribution in [-0.4, -0.2) is 32.1 Å². The molecule has 7 nitrogen and oxygen atoms in total. The lowest BCUT2D eigenvalue weighted by atomic mass is 10.2. The topological polar surface area (TPSA) is 102 Å². The summed E-state index contributed by atoms with van der Waals surface area (Å²) >= 11 is 2.98. The number of benzene rings is 1. The number of rotatable bonds is 7. The van der Waals surface area contributed by atoms with Crippen LogP contribution in [0.15, 0.2) is 23.6 Å². The number of amidine groups is 1. The second kappa shape index (κ2) is 7.85. The van der Waals surface area contributed by atoms with Crippen LogP contribution < -0.4 is 25.3 Å². The van der Waals surface area contributed by atoms with E-state index in [1.165, 1.54) is 22.7 Å². The Morgan fingerprint density at radius 1 is 1.11 bits per heavy atom. The summed E-state index contributed by atoms with van der Waals surface area (Å²) in [6, 6.07) is 5.55. The molecule has 2 aromatic heterocycles. The van der Waals surface area contributed by atoms with E-state index in [1.807, 2.05) is 30.5 Å². The first kappa shape index (κ1) is 19.0. The highest BCUT2D eigenvalue weighted by atomic mass is 32.1. The fourth-order valence-corrected chi connectivity index (χ4v) is 4.22. The van der Waals surface area contributed by atoms with Gasteiger partial charge in [0.15, 0.2) is 16.6 Å². The molecule has 142 valence electrons. The van der Waals surface area contributed by atoms with Crippen molar-refractivity contribution in [3.63, 3.8) is 0 Å². The van der Waals surface area contributed by atoms with Gasteiger partial charge in [0.2, 0.25) is 5.75 Å². The number of hydrogen-bond acceptors (Lipinski definition) is 8. The van der Waals surface area contributed by atoms with Gasteiger partial charge in [-0.3, -0.25) is 5.41 Å². The van der Waals surface area contributed by atoms with Gasteiger partial charge in [-0.05, 0) is 13.0 Å². The number of anilines is 2. The Hall–Kier alpha value is -2.78. The van der Waals surface area contributed by atoms with E-state index in [0.717, 1.165) is 31.8 Å². The first-order chi connectivity index (χ1) is 13.0. The number of nitrogen functional groups attached to an aromatic ring is 1. The molecule has 0 atom stereocenters. The second-order valence-electron chi connectivity index (χ2n) is 5.57. The van der Waals surface area contributed by atoms with Gasteiger partial charge in [0.25, 0.3) is 0 Å². The summed E-state index contributed by atoms with van der Waals surface area (Å²) < 4.78 is 16.1. The highest BCUT2D eigenvalue weighted by Gasteiger charge is 2.15. The molecule has 0 bridgehead atoms. The number of thiazole rings is 1. The maximum Gasteiger partial charge on any atom is 0.203 e. The molecule has 0 fully saturated rings. The average molecular weight is 405 g/mol. The molecular weight excluding hydrogens is 384 g/mol. The highest BCUT2D eigenvalue weighted by molar-refractivity contribution is 7.15. The molecule has 0 aliphatic carbocycles. The van der Waals surface area contributed by atoms with E-state index in [2.05, 4.69) is 10.3 Å². The number of ether oxygens (including phenoxy) is 3.